The van der Waals surface area contributed by atoms with Crippen LogP contribution in [0.5, 0.6) is 0 Å². The van der Waals surface area contributed by atoms with Crippen molar-refractivity contribution in [2.24, 2.45) is 0 Å². The summed E-state index contributed by atoms with van der Waals surface area (Å²) >= 11 is 0. The molecule has 2 unspecified atom stereocenters. The van der Waals surface area contributed by atoms with Crippen molar-refractivity contribution in [3.8, 4) is 0 Å². The molecule has 0 radical (unpaired) electrons. The monoisotopic (exact) mass is 520 g/mol. The van der Waals surface area contributed by atoms with Gasteiger partial charge in [-0.3, -0.25) is 0 Å². The molecule has 0 nitrogen and oxygen atoms in total. The second kappa shape index (κ2) is 30.3. The molecule has 0 aromatic carbocycles. The first-order valence-electron chi connectivity index (χ1n) is 14.6. The Bertz CT molecular complexity index is 291. The van der Waals surface area contributed by atoms with Crippen LogP contribution in [0.3, 0.4) is 0 Å². The minimum absolute atomic E-state index is 0.0507. The molecule has 0 saturated carbocycles. The molecule has 0 spiro atoms. The topological polar surface area (TPSA) is 0 Å². The Morgan fingerprint density at radius 2 is 0.667 bits per heavy atom. The molecular formula is C24H64Si6. The van der Waals surface area contributed by atoms with Crippen LogP contribution >= 0.6 is 0 Å². The van der Waals surface area contributed by atoms with E-state index in [2.05, 4.69) is 26.9 Å². The fraction of sp³-hybridized carbons (Fsp3) is 1.00. The molecule has 0 aliphatic heterocycles. The van der Waals surface area contributed by atoms with E-state index in [4.69, 9.17) is 0 Å². The molecule has 6 heteroatoms. The highest BCUT2D eigenvalue weighted by molar-refractivity contribution is 7.31. The quantitative estimate of drug-likeness (QED) is 0.144. The summed E-state index contributed by atoms with van der Waals surface area (Å²) in [7, 11) is 4.20. The van der Waals surface area contributed by atoms with E-state index >= 15 is 0 Å². The lowest BCUT2D eigenvalue weighted by molar-refractivity contribution is 0.562. The van der Waals surface area contributed by atoms with Crippen molar-refractivity contribution in [2.75, 3.05) is 0 Å². The minimum atomic E-state index is -0.0588. The van der Waals surface area contributed by atoms with Crippen LogP contribution in [-0.2, 0) is 0 Å². The zero-order chi connectivity index (χ0) is 22.7. The van der Waals surface area contributed by atoms with Crippen molar-refractivity contribution in [1.82, 2.24) is 0 Å². The molecule has 0 aliphatic carbocycles. The number of unbranched alkanes of at least 4 members (excludes halogenated alkanes) is 16. The van der Waals surface area contributed by atoms with Crippen molar-refractivity contribution in [3.63, 3.8) is 0 Å². The maximum atomic E-state index is 2.62. The minimum Gasteiger partial charge on any atom is -0.0746 e. The van der Waals surface area contributed by atoms with Crippen LogP contribution in [0.1, 0.15) is 129 Å². The smallest absolute Gasteiger partial charge is 0.0176 e. The Balaban J connectivity index is 0. The van der Waals surface area contributed by atoms with Crippen molar-refractivity contribution in [2.45, 2.75) is 155 Å². The Morgan fingerprint density at radius 3 is 0.900 bits per heavy atom. The fourth-order valence-corrected chi connectivity index (χ4v) is 18.3. The van der Waals surface area contributed by atoms with Gasteiger partial charge in [0.25, 0.3) is 0 Å². The maximum Gasteiger partial charge on any atom is 0.0176 e. The molecule has 0 amide bonds. The highest BCUT2D eigenvalue weighted by Gasteiger charge is 2.00. The summed E-state index contributed by atoms with van der Waals surface area (Å²) in [5.41, 5.74) is 0. The molecule has 0 fully saturated rings. The van der Waals surface area contributed by atoms with Crippen molar-refractivity contribution in [3.05, 3.63) is 0 Å². The van der Waals surface area contributed by atoms with E-state index < -0.39 is 0 Å². The molecule has 184 valence electrons. The van der Waals surface area contributed by atoms with Crippen molar-refractivity contribution >= 4 is 53.3 Å². The van der Waals surface area contributed by atoms with Crippen LogP contribution < -0.4 is 0 Å². The van der Waals surface area contributed by atoms with E-state index in [0.29, 0.717) is 17.1 Å². The Kier molecular flexibility index (Phi) is 33.8. The van der Waals surface area contributed by atoms with E-state index in [1.807, 2.05) is 0 Å². The van der Waals surface area contributed by atoms with Crippen LogP contribution in [0.25, 0.3) is 0 Å². The van der Waals surface area contributed by atoms with Gasteiger partial charge < -0.3 is 0 Å². The summed E-state index contributed by atoms with van der Waals surface area (Å²) in [5, 5.41) is 0. The van der Waals surface area contributed by atoms with Crippen molar-refractivity contribution in [1.29, 1.82) is 0 Å². The summed E-state index contributed by atoms with van der Waals surface area (Å²) in [4.78, 5) is 0. The van der Waals surface area contributed by atoms with Gasteiger partial charge in [0.15, 0.2) is 0 Å². The first kappa shape index (κ1) is 33.5. The molecule has 30 heavy (non-hydrogen) atoms. The Morgan fingerprint density at radius 1 is 0.433 bits per heavy atom. The third-order valence-electron chi connectivity index (χ3n) is 6.99. The van der Waals surface area contributed by atoms with E-state index in [1.165, 1.54) is 89.9 Å². The average molecular weight is 521 g/mol. The number of rotatable bonds is 22. The van der Waals surface area contributed by atoms with Gasteiger partial charge in [-0.05, 0) is 36.6 Å². The molecule has 0 aliphatic rings. The molecule has 0 rings (SSSR count). The molecule has 0 saturated heterocycles. The summed E-state index contributed by atoms with van der Waals surface area (Å²) in [5.74, 6) is 0. The second-order valence-electron chi connectivity index (χ2n) is 10.3. The molecule has 0 heterocycles. The third kappa shape index (κ3) is 31.5. The van der Waals surface area contributed by atoms with E-state index in [1.54, 1.807) is 57.3 Å². The SMILES string of the molecule is CCCCCCCCCCCC[SiH](C)[SiH2][SiH3].CCCCCCCCCC[SiH](C)[SiH2][SiH3]. The predicted molar refractivity (Wildman–Crippen MR) is 167 cm³/mol. The fourth-order valence-electron chi connectivity index (χ4n) is 4.02. The van der Waals surface area contributed by atoms with Gasteiger partial charge in [-0.2, -0.15) is 0 Å². The largest absolute Gasteiger partial charge is 0.0746 e. The molecular weight excluding hydrogens is 457 g/mol. The van der Waals surface area contributed by atoms with E-state index in [0.717, 1.165) is 0 Å². The lowest BCUT2D eigenvalue weighted by Gasteiger charge is -2.05. The number of hydrogen-bond acceptors (Lipinski definition) is 0. The van der Waals surface area contributed by atoms with E-state index in [-0.39, 0.29) is 16.6 Å². The zero-order valence-corrected chi connectivity index (χ0v) is 31.8. The summed E-state index contributed by atoms with van der Waals surface area (Å²) in [6.07, 6.45) is 26.9. The van der Waals surface area contributed by atoms with E-state index in [9.17, 15) is 0 Å². The molecule has 0 bridgehead atoms. The van der Waals surface area contributed by atoms with Gasteiger partial charge >= 0.3 is 0 Å². The first-order valence-corrected chi connectivity index (χ1v) is 36.4. The molecule has 0 aromatic rings. The Labute approximate surface area is 207 Å². The molecule has 0 aromatic heterocycles. The zero-order valence-electron chi connectivity index (χ0n) is 22.7. The standard InChI is InChI=1S/C13H34Si3.C11H30Si3/c1-3-4-5-6-7-8-9-10-11-12-13-16(2)15-14;1-3-4-5-6-7-8-9-10-11-14(2)13-12/h16H,3-13,15H2,1-2,14H3;14H,3-11,13H2,1-2,12H3. The second-order valence-corrected chi connectivity index (χ2v) is 45.4. The van der Waals surface area contributed by atoms with Gasteiger partial charge in [-0.15, -0.1) is 0 Å². The molecule has 2 atom stereocenters. The average Bonchev–Trinajstić information content (AvgIpc) is 2.76. The van der Waals surface area contributed by atoms with Crippen LogP contribution in [0.4, 0.5) is 0 Å². The van der Waals surface area contributed by atoms with Crippen LogP contribution in [0.15, 0.2) is 0 Å². The summed E-state index contributed by atoms with van der Waals surface area (Å²) in [6.45, 7) is 9.82. The number of hydrogen-bond donors (Lipinski definition) is 0. The Hall–Kier alpha value is 1.30. The van der Waals surface area contributed by atoms with Gasteiger partial charge in [0.05, 0.1) is 0 Å². The van der Waals surface area contributed by atoms with Crippen molar-refractivity contribution < 1.29 is 0 Å². The normalized spacial score (nSPS) is 14.0. The van der Waals surface area contributed by atoms with Gasteiger partial charge in [-0.1, -0.05) is 155 Å². The van der Waals surface area contributed by atoms with Crippen LogP contribution in [0, 0.1) is 0 Å². The predicted octanol–water partition coefficient (Wildman–Crippen LogP) is 4.64. The van der Waals surface area contributed by atoms with Gasteiger partial charge in [0.1, 0.15) is 0 Å². The van der Waals surface area contributed by atoms with Gasteiger partial charge in [0.2, 0.25) is 0 Å². The van der Waals surface area contributed by atoms with Crippen LogP contribution in [-0.4, -0.2) is 53.3 Å². The third-order valence-corrected chi connectivity index (χ3v) is 48.5. The molecule has 0 N–H and O–H groups in total. The highest BCUT2D eigenvalue weighted by atomic mass is 29.5. The first-order chi connectivity index (χ1) is 14.6. The summed E-state index contributed by atoms with van der Waals surface area (Å²) < 4.78 is 0. The van der Waals surface area contributed by atoms with Crippen LogP contribution in [0.2, 0.25) is 25.2 Å². The lowest BCUT2D eigenvalue weighted by atomic mass is 10.1. The van der Waals surface area contributed by atoms with Gasteiger partial charge in [-0.25, -0.2) is 0 Å². The van der Waals surface area contributed by atoms with Gasteiger partial charge in [0, 0.05) is 16.6 Å². The summed E-state index contributed by atoms with van der Waals surface area (Å²) in [6, 6.07) is 3.37. The maximum absolute atomic E-state index is 2.62. The highest BCUT2D eigenvalue weighted by Crippen LogP contribution is 2.12. The lowest BCUT2D eigenvalue weighted by Crippen LogP contribution is -2.17.